The van der Waals surface area contributed by atoms with Gasteiger partial charge >= 0.3 is 5.97 Å². The lowest BCUT2D eigenvalue weighted by Gasteiger charge is -2.14. The number of carbonyl (C=O) groups is 1. The van der Waals surface area contributed by atoms with E-state index in [4.69, 9.17) is 4.74 Å². The third kappa shape index (κ3) is 7.55. The summed E-state index contributed by atoms with van der Waals surface area (Å²) < 4.78 is 4.71. The molecule has 0 saturated carbocycles. The first-order valence-electron chi connectivity index (χ1n) is 5.16. The van der Waals surface area contributed by atoms with Crippen LogP contribution in [0, 0.1) is 0 Å². The minimum atomic E-state index is -0.402. The van der Waals surface area contributed by atoms with Crippen molar-refractivity contribution in [3.63, 3.8) is 0 Å². The molecule has 2 N–H and O–H groups in total. The highest BCUT2D eigenvalue weighted by Crippen LogP contribution is 2.17. The maximum absolute atomic E-state index is 11.3. The number of unbranched alkanes of at least 4 members (excludes halogenated alkanes) is 1. The van der Waals surface area contributed by atoms with Gasteiger partial charge in [-0.15, -0.1) is 0 Å². The molecule has 3 nitrogen and oxygen atoms in total. The second kappa shape index (κ2) is 7.45. The predicted molar refractivity (Wildman–Crippen MR) is 65.6 cm³/mol. The van der Waals surface area contributed by atoms with Gasteiger partial charge in [-0.1, -0.05) is 35.9 Å². The SMILES string of the molecule is CCCC[NH2+]CCOC(=O)C(C)(C)I. The Hall–Kier alpha value is 0.160. The van der Waals surface area contributed by atoms with Crippen molar-refractivity contribution in [1.82, 2.24) is 0 Å². The van der Waals surface area contributed by atoms with Gasteiger partial charge < -0.3 is 10.1 Å². The summed E-state index contributed by atoms with van der Waals surface area (Å²) in [4.78, 5) is 11.3. The Bertz CT molecular complexity index is 166. The van der Waals surface area contributed by atoms with Gasteiger partial charge in [-0.2, -0.15) is 0 Å². The van der Waals surface area contributed by atoms with Crippen molar-refractivity contribution >= 4 is 28.6 Å². The van der Waals surface area contributed by atoms with E-state index in [1.807, 2.05) is 13.8 Å². The van der Waals surface area contributed by atoms with Gasteiger partial charge in [-0.25, -0.2) is 0 Å². The molecule has 0 aromatic rings. The highest BCUT2D eigenvalue weighted by molar-refractivity contribution is 14.1. The van der Waals surface area contributed by atoms with Crippen LogP contribution in [-0.4, -0.2) is 29.1 Å². The molecule has 0 aliphatic heterocycles. The molecule has 0 aliphatic carbocycles. The van der Waals surface area contributed by atoms with Crippen LogP contribution in [0.4, 0.5) is 0 Å². The monoisotopic (exact) mass is 314 g/mol. The number of hydrogen-bond acceptors (Lipinski definition) is 2. The molecule has 0 amide bonds. The van der Waals surface area contributed by atoms with Crippen LogP contribution in [0.15, 0.2) is 0 Å². The molecule has 0 spiro atoms. The van der Waals surface area contributed by atoms with Crippen molar-refractivity contribution in [2.24, 2.45) is 0 Å². The normalized spacial score (nSPS) is 11.4. The minimum absolute atomic E-state index is 0.123. The van der Waals surface area contributed by atoms with Crippen LogP contribution in [-0.2, 0) is 9.53 Å². The second-order valence-corrected chi connectivity index (χ2v) is 6.52. The molecular formula is C10H21INO2+. The molecule has 14 heavy (non-hydrogen) atoms. The molecule has 0 heterocycles. The van der Waals surface area contributed by atoms with Crippen molar-refractivity contribution in [3.05, 3.63) is 0 Å². The highest BCUT2D eigenvalue weighted by atomic mass is 127. The van der Waals surface area contributed by atoms with E-state index < -0.39 is 3.42 Å². The number of carbonyl (C=O) groups excluding carboxylic acids is 1. The van der Waals surface area contributed by atoms with E-state index in [9.17, 15) is 4.79 Å². The maximum atomic E-state index is 11.3. The summed E-state index contributed by atoms with van der Waals surface area (Å²) in [5.41, 5.74) is 0. The van der Waals surface area contributed by atoms with Crippen LogP contribution in [0.3, 0.4) is 0 Å². The van der Waals surface area contributed by atoms with Gasteiger partial charge in [0.2, 0.25) is 0 Å². The van der Waals surface area contributed by atoms with Crippen molar-refractivity contribution in [2.45, 2.75) is 37.0 Å². The number of rotatable bonds is 7. The molecule has 0 aromatic carbocycles. The smallest absolute Gasteiger partial charge is 0.321 e. The largest absolute Gasteiger partial charge is 0.459 e. The maximum Gasteiger partial charge on any atom is 0.321 e. The zero-order valence-electron chi connectivity index (χ0n) is 9.31. The summed E-state index contributed by atoms with van der Waals surface area (Å²) in [6, 6.07) is 0. The Morgan fingerprint density at radius 1 is 1.43 bits per heavy atom. The topological polar surface area (TPSA) is 42.9 Å². The first-order valence-corrected chi connectivity index (χ1v) is 6.24. The van der Waals surface area contributed by atoms with Crippen molar-refractivity contribution < 1.29 is 14.8 Å². The van der Waals surface area contributed by atoms with Crippen LogP contribution in [0.2, 0.25) is 0 Å². The summed E-state index contributed by atoms with van der Waals surface area (Å²) in [5.74, 6) is -0.123. The molecular weight excluding hydrogens is 293 g/mol. The molecule has 0 rings (SSSR count). The van der Waals surface area contributed by atoms with E-state index in [-0.39, 0.29) is 5.97 Å². The molecule has 84 valence electrons. The van der Waals surface area contributed by atoms with Gasteiger partial charge in [0, 0.05) is 0 Å². The Morgan fingerprint density at radius 3 is 2.57 bits per heavy atom. The number of quaternary nitrogens is 1. The van der Waals surface area contributed by atoms with Crippen LogP contribution < -0.4 is 5.32 Å². The number of esters is 1. The Morgan fingerprint density at radius 2 is 2.07 bits per heavy atom. The Kier molecular flexibility index (Phi) is 7.54. The van der Waals surface area contributed by atoms with Crippen LogP contribution in [0.25, 0.3) is 0 Å². The predicted octanol–water partition coefficient (Wildman–Crippen LogP) is 1.11. The Balaban J connectivity index is 3.33. The average Bonchev–Trinajstić information content (AvgIpc) is 2.09. The van der Waals surface area contributed by atoms with Crippen LogP contribution in [0.1, 0.15) is 33.6 Å². The van der Waals surface area contributed by atoms with Gasteiger partial charge in [0.1, 0.15) is 16.6 Å². The fraction of sp³-hybridized carbons (Fsp3) is 0.900. The molecule has 0 radical (unpaired) electrons. The number of nitrogens with two attached hydrogens (primary N) is 1. The lowest BCUT2D eigenvalue weighted by atomic mass is 10.2. The summed E-state index contributed by atoms with van der Waals surface area (Å²) in [6.07, 6.45) is 2.45. The van der Waals surface area contributed by atoms with Crippen molar-refractivity contribution in [2.75, 3.05) is 19.7 Å². The van der Waals surface area contributed by atoms with E-state index in [0.717, 1.165) is 13.1 Å². The molecule has 0 saturated heterocycles. The Labute approximate surface area is 100 Å². The first kappa shape index (κ1) is 14.2. The van der Waals surface area contributed by atoms with Crippen LogP contribution >= 0.6 is 22.6 Å². The molecule has 0 unspecified atom stereocenters. The second-order valence-electron chi connectivity index (χ2n) is 3.83. The van der Waals surface area contributed by atoms with E-state index >= 15 is 0 Å². The quantitative estimate of drug-likeness (QED) is 0.331. The lowest BCUT2D eigenvalue weighted by Crippen LogP contribution is -2.85. The first-order chi connectivity index (χ1) is 6.48. The molecule has 0 bridgehead atoms. The molecule has 0 aromatic heterocycles. The summed E-state index contributed by atoms with van der Waals surface area (Å²) in [6.45, 7) is 8.41. The number of halogens is 1. The minimum Gasteiger partial charge on any atom is -0.459 e. The third-order valence-electron chi connectivity index (χ3n) is 1.80. The standard InChI is InChI=1S/C10H20INO2/c1-4-5-6-12-7-8-14-9(13)10(2,3)11/h12H,4-8H2,1-3H3/p+1. The van der Waals surface area contributed by atoms with Gasteiger partial charge in [0.15, 0.2) is 0 Å². The number of alkyl halides is 1. The number of hydrogen-bond donors (Lipinski definition) is 1. The summed E-state index contributed by atoms with van der Waals surface area (Å²) in [7, 11) is 0. The number of ether oxygens (including phenoxy) is 1. The van der Waals surface area contributed by atoms with E-state index in [1.165, 1.54) is 12.8 Å². The highest BCUT2D eigenvalue weighted by Gasteiger charge is 2.24. The van der Waals surface area contributed by atoms with E-state index in [2.05, 4.69) is 34.8 Å². The van der Waals surface area contributed by atoms with Crippen molar-refractivity contribution in [1.29, 1.82) is 0 Å². The fourth-order valence-corrected chi connectivity index (χ4v) is 1.06. The fourth-order valence-electron chi connectivity index (χ4n) is 0.899. The molecule has 4 heteroatoms. The van der Waals surface area contributed by atoms with Gasteiger partial charge in [0.25, 0.3) is 0 Å². The van der Waals surface area contributed by atoms with Crippen molar-refractivity contribution in [3.8, 4) is 0 Å². The molecule has 0 atom stereocenters. The van der Waals surface area contributed by atoms with E-state index in [0.29, 0.717) is 6.61 Å². The lowest BCUT2D eigenvalue weighted by molar-refractivity contribution is -0.656. The third-order valence-corrected chi connectivity index (χ3v) is 2.24. The molecule has 0 aliphatic rings. The average molecular weight is 314 g/mol. The zero-order chi connectivity index (χ0) is 11.0. The van der Waals surface area contributed by atoms with Gasteiger partial charge in [0.05, 0.1) is 6.54 Å². The van der Waals surface area contributed by atoms with E-state index in [1.54, 1.807) is 0 Å². The zero-order valence-corrected chi connectivity index (χ0v) is 11.5. The summed E-state index contributed by atoms with van der Waals surface area (Å²) >= 11 is 2.09. The van der Waals surface area contributed by atoms with Gasteiger partial charge in [-0.05, 0) is 20.3 Å². The summed E-state index contributed by atoms with van der Waals surface area (Å²) in [5, 5.41) is 2.19. The molecule has 0 fully saturated rings. The van der Waals surface area contributed by atoms with Gasteiger partial charge in [-0.3, -0.25) is 4.79 Å². The van der Waals surface area contributed by atoms with Crippen LogP contribution in [0.5, 0.6) is 0 Å².